The lowest BCUT2D eigenvalue weighted by Gasteiger charge is -2.08. The highest BCUT2D eigenvalue weighted by Gasteiger charge is 2.15. The van der Waals surface area contributed by atoms with Gasteiger partial charge in [-0.2, -0.15) is 0 Å². The van der Waals surface area contributed by atoms with Crippen LogP contribution in [0.25, 0.3) is 17.1 Å². The number of hydrogen-bond donors (Lipinski definition) is 1. The first-order valence-electron chi connectivity index (χ1n) is 9.09. The van der Waals surface area contributed by atoms with Crippen molar-refractivity contribution in [2.75, 3.05) is 12.4 Å². The molecule has 3 aromatic heterocycles. The topological polar surface area (TPSA) is 52.0 Å². The molecule has 5 nitrogen and oxygen atoms in total. The van der Waals surface area contributed by atoms with Crippen LogP contribution in [0.2, 0.25) is 0 Å². The summed E-state index contributed by atoms with van der Waals surface area (Å²) in [7, 11) is 1.69. The number of rotatable bonds is 6. The molecule has 3 heterocycles. The summed E-state index contributed by atoms with van der Waals surface area (Å²) in [6.07, 6.45) is 1.82. The summed E-state index contributed by atoms with van der Waals surface area (Å²) in [5.41, 5.74) is 5.49. The fraction of sp³-hybridized carbons (Fsp3) is 0.182. The molecule has 0 bridgehead atoms. The smallest absolute Gasteiger partial charge is 0.183 e. The van der Waals surface area contributed by atoms with Gasteiger partial charge in [0.15, 0.2) is 5.13 Å². The number of thiazole rings is 1. The summed E-state index contributed by atoms with van der Waals surface area (Å²) < 4.78 is 7.58. The number of aryl methyl sites for hydroxylation is 1. The van der Waals surface area contributed by atoms with Crippen LogP contribution in [0.5, 0.6) is 5.75 Å². The lowest BCUT2D eigenvalue weighted by atomic mass is 10.2. The number of benzene rings is 1. The van der Waals surface area contributed by atoms with E-state index in [9.17, 15) is 0 Å². The summed E-state index contributed by atoms with van der Waals surface area (Å²) in [5.74, 6) is 1.80. The van der Waals surface area contributed by atoms with Crippen molar-refractivity contribution in [1.82, 2.24) is 14.5 Å². The highest BCUT2D eigenvalue weighted by molar-refractivity contribution is 7.14. The van der Waals surface area contributed by atoms with Gasteiger partial charge >= 0.3 is 0 Å². The normalized spacial score (nSPS) is 10.8. The van der Waals surface area contributed by atoms with Crippen molar-refractivity contribution in [3.63, 3.8) is 0 Å². The average Bonchev–Trinajstić information content (AvgIpc) is 3.31. The zero-order chi connectivity index (χ0) is 19.5. The molecule has 0 amide bonds. The van der Waals surface area contributed by atoms with E-state index in [4.69, 9.17) is 9.72 Å². The molecule has 4 aromatic rings. The van der Waals surface area contributed by atoms with E-state index in [2.05, 4.69) is 46.2 Å². The first kappa shape index (κ1) is 18.3. The third-order valence-electron chi connectivity index (χ3n) is 4.71. The first-order valence-corrected chi connectivity index (χ1v) is 9.97. The van der Waals surface area contributed by atoms with Crippen LogP contribution in [0.1, 0.15) is 17.0 Å². The number of methoxy groups -OCH3 is 1. The Morgan fingerprint density at radius 2 is 1.93 bits per heavy atom. The van der Waals surface area contributed by atoms with E-state index in [0.717, 1.165) is 44.9 Å². The molecule has 0 atom stereocenters. The number of hydrogen-bond acceptors (Lipinski definition) is 5. The van der Waals surface area contributed by atoms with E-state index in [1.807, 2.05) is 42.6 Å². The molecule has 0 fully saturated rings. The van der Waals surface area contributed by atoms with E-state index in [0.29, 0.717) is 6.54 Å². The predicted molar refractivity (Wildman–Crippen MR) is 114 cm³/mol. The molecule has 1 aromatic carbocycles. The Balaban J connectivity index is 1.57. The molecule has 0 aliphatic carbocycles. The van der Waals surface area contributed by atoms with E-state index in [-0.39, 0.29) is 0 Å². The molecule has 1 N–H and O–H groups in total. The molecular formula is C22H22N4OS. The summed E-state index contributed by atoms with van der Waals surface area (Å²) in [6, 6.07) is 16.1. The maximum atomic E-state index is 5.42. The molecule has 28 heavy (non-hydrogen) atoms. The quantitative estimate of drug-likeness (QED) is 0.490. The lowest BCUT2D eigenvalue weighted by molar-refractivity contribution is 0.410. The van der Waals surface area contributed by atoms with E-state index in [1.165, 1.54) is 0 Å². The molecule has 4 rings (SSSR count). The Morgan fingerprint density at radius 1 is 1.11 bits per heavy atom. The van der Waals surface area contributed by atoms with Crippen molar-refractivity contribution in [3.8, 4) is 22.8 Å². The van der Waals surface area contributed by atoms with Crippen molar-refractivity contribution in [2.24, 2.45) is 0 Å². The Morgan fingerprint density at radius 3 is 2.71 bits per heavy atom. The van der Waals surface area contributed by atoms with Crippen molar-refractivity contribution >= 4 is 16.5 Å². The monoisotopic (exact) mass is 390 g/mol. The van der Waals surface area contributed by atoms with Gasteiger partial charge in [-0.25, -0.2) is 9.97 Å². The molecule has 142 valence electrons. The summed E-state index contributed by atoms with van der Waals surface area (Å²) in [5, 5.41) is 6.39. The van der Waals surface area contributed by atoms with Crippen molar-refractivity contribution < 1.29 is 4.74 Å². The number of pyridine rings is 1. The van der Waals surface area contributed by atoms with Crippen LogP contribution in [0.15, 0.2) is 60.1 Å². The van der Waals surface area contributed by atoms with Gasteiger partial charge in [-0.15, -0.1) is 11.3 Å². The van der Waals surface area contributed by atoms with Gasteiger partial charge in [0.05, 0.1) is 12.8 Å². The largest absolute Gasteiger partial charge is 0.496 e. The third-order valence-corrected chi connectivity index (χ3v) is 5.51. The van der Waals surface area contributed by atoms with E-state index < -0.39 is 0 Å². The van der Waals surface area contributed by atoms with Gasteiger partial charge in [0, 0.05) is 40.6 Å². The number of aromatic nitrogens is 3. The number of ether oxygens (including phenoxy) is 1. The summed E-state index contributed by atoms with van der Waals surface area (Å²) in [6.45, 7) is 4.88. The van der Waals surface area contributed by atoms with Crippen LogP contribution in [0.4, 0.5) is 5.13 Å². The van der Waals surface area contributed by atoms with Crippen molar-refractivity contribution in [1.29, 1.82) is 0 Å². The second-order valence-corrected chi connectivity index (χ2v) is 7.37. The van der Waals surface area contributed by atoms with Crippen LogP contribution < -0.4 is 10.1 Å². The van der Waals surface area contributed by atoms with Crippen LogP contribution in [0.3, 0.4) is 0 Å². The van der Waals surface area contributed by atoms with Gasteiger partial charge in [-0.3, -0.25) is 0 Å². The van der Waals surface area contributed by atoms with Gasteiger partial charge in [0.1, 0.15) is 11.6 Å². The van der Waals surface area contributed by atoms with E-state index >= 15 is 0 Å². The average molecular weight is 391 g/mol. The maximum Gasteiger partial charge on any atom is 0.183 e. The van der Waals surface area contributed by atoms with Crippen LogP contribution >= 0.6 is 11.3 Å². The zero-order valence-electron chi connectivity index (χ0n) is 16.1. The molecule has 0 aliphatic heterocycles. The Hall–Kier alpha value is -3.12. The van der Waals surface area contributed by atoms with Crippen LogP contribution in [-0.4, -0.2) is 21.6 Å². The van der Waals surface area contributed by atoms with E-state index in [1.54, 1.807) is 18.4 Å². The Kier molecular flexibility index (Phi) is 5.12. The molecule has 0 unspecified atom stereocenters. The Bertz CT molecular complexity index is 1090. The maximum absolute atomic E-state index is 5.42. The van der Waals surface area contributed by atoms with Gasteiger partial charge in [0.25, 0.3) is 0 Å². The predicted octanol–water partition coefficient (Wildman–Crippen LogP) is 5.23. The minimum atomic E-state index is 0.671. The molecule has 0 spiro atoms. The standard InChI is InChI=1S/C22H22N4OS/c1-15-12-18(16(2)26(15)21-10-6-7-11-23-21)19-14-28-22(25-19)24-13-17-8-4-5-9-20(17)27-3/h4-12,14H,13H2,1-3H3,(H,24,25). The molecule has 0 saturated carbocycles. The van der Waals surface area contributed by atoms with Gasteiger partial charge in [-0.1, -0.05) is 24.3 Å². The molecular weight excluding hydrogens is 368 g/mol. The number of anilines is 1. The molecule has 0 radical (unpaired) electrons. The zero-order valence-corrected chi connectivity index (χ0v) is 17.0. The lowest BCUT2D eigenvalue weighted by Crippen LogP contribution is -2.01. The second-order valence-electron chi connectivity index (χ2n) is 6.51. The molecule has 0 saturated heterocycles. The summed E-state index contributed by atoms with van der Waals surface area (Å²) in [4.78, 5) is 9.28. The first-order chi connectivity index (χ1) is 13.7. The number of para-hydroxylation sites is 1. The summed E-state index contributed by atoms with van der Waals surface area (Å²) >= 11 is 1.61. The van der Waals surface area contributed by atoms with Gasteiger partial charge in [0.2, 0.25) is 0 Å². The fourth-order valence-corrected chi connectivity index (χ4v) is 4.07. The van der Waals surface area contributed by atoms with Gasteiger partial charge < -0.3 is 14.6 Å². The van der Waals surface area contributed by atoms with Crippen molar-refractivity contribution in [3.05, 3.63) is 77.1 Å². The van der Waals surface area contributed by atoms with Crippen LogP contribution in [-0.2, 0) is 6.54 Å². The molecule has 0 aliphatic rings. The highest BCUT2D eigenvalue weighted by atomic mass is 32.1. The minimum absolute atomic E-state index is 0.671. The number of nitrogens with zero attached hydrogens (tertiary/aromatic N) is 3. The highest BCUT2D eigenvalue weighted by Crippen LogP contribution is 2.31. The molecule has 6 heteroatoms. The van der Waals surface area contributed by atoms with Gasteiger partial charge in [-0.05, 0) is 38.1 Å². The fourth-order valence-electron chi connectivity index (χ4n) is 3.36. The SMILES string of the molecule is COc1ccccc1CNc1nc(-c2cc(C)n(-c3ccccn3)c2C)cs1. The third kappa shape index (κ3) is 3.51. The second kappa shape index (κ2) is 7.86. The minimum Gasteiger partial charge on any atom is -0.496 e. The number of nitrogens with one attached hydrogen (secondary N) is 1. The Labute approximate surface area is 168 Å². The van der Waals surface area contributed by atoms with Crippen LogP contribution in [0, 0.1) is 13.8 Å². The van der Waals surface area contributed by atoms with Crippen molar-refractivity contribution in [2.45, 2.75) is 20.4 Å².